The summed E-state index contributed by atoms with van der Waals surface area (Å²) in [5.74, 6) is -0.182. The first-order valence-electron chi connectivity index (χ1n) is 11.8. The van der Waals surface area contributed by atoms with Crippen LogP contribution in [0, 0.1) is 0 Å². The van der Waals surface area contributed by atoms with Gasteiger partial charge in [0.05, 0.1) is 19.3 Å². The molecule has 1 amide bonds. The van der Waals surface area contributed by atoms with E-state index in [2.05, 4.69) is 6.58 Å². The third-order valence-electron chi connectivity index (χ3n) is 6.96. The van der Waals surface area contributed by atoms with E-state index in [1.165, 1.54) is 0 Å². The molecule has 186 valence electrons. The standard InChI is InChI=1S/C29H27Cl2NO4/c1-17(2)20-6-13-25-24(14-20)28(34)32(18(3)19-4-9-22(30)10-5-19)29(25,21-7-11-23(31)12-8-21)36-27-16-35-15-26(27)33/h4-14,18,26-27,33H,1,15-16H2,2-3H3/t18-,26+,27-,29-/m0/s1. The fraction of sp³-hybridized carbons (Fsp3) is 0.276. The first-order chi connectivity index (χ1) is 17.2. The number of benzene rings is 3. The highest BCUT2D eigenvalue weighted by Gasteiger charge is 2.56. The summed E-state index contributed by atoms with van der Waals surface area (Å²) in [5.41, 5.74) is 3.24. The van der Waals surface area contributed by atoms with Gasteiger partial charge in [-0.2, -0.15) is 0 Å². The van der Waals surface area contributed by atoms with Crippen molar-refractivity contribution in [2.45, 2.75) is 37.8 Å². The fourth-order valence-corrected chi connectivity index (χ4v) is 5.29. The highest BCUT2D eigenvalue weighted by molar-refractivity contribution is 6.30. The molecule has 2 aliphatic rings. The summed E-state index contributed by atoms with van der Waals surface area (Å²) in [7, 11) is 0. The second-order valence-electron chi connectivity index (χ2n) is 9.36. The van der Waals surface area contributed by atoms with Gasteiger partial charge in [-0.1, -0.05) is 71.8 Å². The van der Waals surface area contributed by atoms with Crippen LogP contribution in [0.5, 0.6) is 0 Å². The van der Waals surface area contributed by atoms with Gasteiger partial charge >= 0.3 is 0 Å². The van der Waals surface area contributed by atoms with Crippen LogP contribution in [0.3, 0.4) is 0 Å². The van der Waals surface area contributed by atoms with Crippen molar-refractivity contribution in [2.75, 3.05) is 13.2 Å². The van der Waals surface area contributed by atoms with Crippen LogP contribution in [-0.4, -0.2) is 41.3 Å². The lowest BCUT2D eigenvalue weighted by Gasteiger charge is -2.44. The predicted molar refractivity (Wildman–Crippen MR) is 141 cm³/mol. The number of carbonyl (C=O) groups is 1. The molecule has 5 rings (SSSR count). The van der Waals surface area contributed by atoms with Crippen molar-refractivity contribution in [2.24, 2.45) is 0 Å². The van der Waals surface area contributed by atoms with Crippen LogP contribution < -0.4 is 0 Å². The molecule has 2 heterocycles. The van der Waals surface area contributed by atoms with Crippen molar-refractivity contribution in [1.82, 2.24) is 4.90 Å². The Bertz CT molecular complexity index is 1310. The molecule has 36 heavy (non-hydrogen) atoms. The van der Waals surface area contributed by atoms with Gasteiger partial charge < -0.3 is 14.6 Å². The Morgan fingerprint density at radius 3 is 2.31 bits per heavy atom. The molecular formula is C29H27Cl2NO4. The molecule has 3 aromatic carbocycles. The van der Waals surface area contributed by atoms with E-state index in [1.54, 1.807) is 29.2 Å². The molecule has 0 spiro atoms. The van der Waals surface area contributed by atoms with E-state index in [0.29, 0.717) is 21.2 Å². The minimum Gasteiger partial charge on any atom is -0.388 e. The molecule has 1 N–H and O–H groups in total. The Labute approximate surface area is 220 Å². The van der Waals surface area contributed by atoms with Gasteiger partial charge in [0.25, 0.3) is 5.91 Å². The average molecular weight is 524 g/mol. The summed E-state index contributed by atoms with van der Waals surface area (Å²) in [6, 6.07) is 20.0. The summed E-state index contributed by atoms with van der Waals surface area (Å²) >= 11 is 12.4. The maximum atomic E-state index is 14.2. The highest BCUT2D eigenvalue weighted by Crippen LogP contribution is 2.51. The summed E-state index contributed by atoms with van der Waals surface area (Å²) in [4.78, 5) is 16.0. The Hall–Kier alpha value is -2.67. The zero-order valence-corrected chi connectivity index (χ0v) is 21.6. The highest BCUT2D eigenvalue weighted by atomic mass is 35.5. The third-order valence-corrected chi connectivity index (χ3v) is 7.47. The lowest BCUT2D eigenvalue weighted by molar-refractivity contribution is -0.172. The van der Waals surface area contributed by atoms with Gasteiger partial charge in [0, 0.05) is 26.7 Å². The van der Waals surface area contributed by atoms with E-state index < -0.39 is 24.0 Å². The first kappa shape index (κ1) is 25.0. The number of fused-ring (bicyclic) bond motifs is 1. The molecule has 0 bridgehead atoms. The van der Waals surface area contributed by atoms with Crippen LogP contribution in [0.2, 0.25) is 10.0 Å². The summed E-state index contributed by atoms with van der Waals surface area (Å²) in [5, 5.41) is 11.8. The minimum atomic E-state index is -1.33. The predicted octanol–water partition coefficient (Wildman–Crippen LogP) is 6.22. The zero-order chi connectivity index (χ0) is 25.6. The van der Waals surface area contributed by atoms with Crippen LogP contribution in [0.4, 0.5) is 0 Å². The average Bonchev–Trinajstić information content (AvgIpc) is 3.38. The molecule has 0 aliphatic carbocycles. The van der Waals surface area contributed by atoms with E-state index in [0.717, 1.165) is 22.3 Å². The molecular weight excluding hydrogens is 497 g/mol. The van der Waals surface area contributed by atoms with E-state index in [-0.39, 0.29) is 19.1 Å². The maximum absolute atomic E-state index is 14.2. The monoisotopic (exact) mass is 523 g/mol. The number of amides is 1. The molecule has 7 heteroatoms. The third kappa shape index (κ3) is 4.15. The smallest absolute Gasteiger partial charge is 0.257 e. The number of hydrogen-bond donors (Lipinski definition) is 1. The van der Waals surface area contributed by atoms with E-state index in [9.17, 15) is 9.90 Å². The molecule has 0 aromatic heterocycles. The Morgan fingerprint density at radius 2 is 1.72 bits per heavy atom. The van der Waals surface area contributed by atoms with Gasteiger partial charge in [0.1, 0.15) is 12.2 Å². The quantitative estimate of drug-likeness (QED) is 0.416. The van der Waals surface area contributed by atoms with E-state index in [1.807, 2.05) is 56.3 Å². The van der Waals surface area contributed by atoms with Crippen molar-refractivity contribution < 1.29 is 19.4 Å². The van der Waals surface area contributed by atoms with Gasteiger partial charge in [0.2, 0.25) is 0 Å². The molecule has 1 saturated heterocycles. The SMILES string of the molecule is C=C(C)c1ccc2c(c1)C(=O)N([C@@H](C)c1ccc(Cl)cc1)[C@]2(O[C@H]1COC[C@H]1O)c1ccc(Cl)cc1. The molecule has 0 unspecified atom stereocenters. The minimum absolute atomic E-state index is 0.170. The summed E-state index contributed by atoms with van der Waals surface area (Å²) in [6.07, 6.45) is -1.46. The van der Waals surface area contributed by atoms with Crippen LogP contribution in [0.15, 0.2) is 73.3 Å². The normalized spacial score (nSPS) is 24.1. The lowest BCUT2D eigenvalue weighted by atomic mass is 9.90. The van der Waals surface area contributed by atoms with Crippen molar-refractivity contribution in [3.63, 3.8) is 0 Å². The number of ether oxygens (including phenoxy) is 2. The fourth-order valence-electron chi connectivity index (χ4n) is 5.04. The largest absolute Gasteiger partial charge is 0.388 e. The van der Waals surface area contributed by atoms with Gasteiger partial charge in [-0.15, -0.1) is 0 Å². The topological polar surface area (TPSA) is 59.0 Å². The molecule has 0 saturated carbocycles. The Morgan fingerprint density at radius 1 is 1.08 bits per heavy atom. The zero-order valence-electron chi connectivity index (χ0n) is 20.1. The maximum Gasteiger partial charge on any atom is 0.257 e. The van der Waals surface area contributed by atoms with Gasteiger partial charge in [-0.05, 0) is 55.3 Å². The second kappa shape index (κ2) is 9.66. The Balaban J connectivity index is 1.77. The molecule has 0 radical (unpaired) electrons. The number of aliphatic hydroxyl groups is 1. The number of allylic oxidation sites excluding steroid dienone is 1. The lowest BCUT2D eigenvalue weighted by Crippen LogP contribution is -2.51. The molecule has 1 fully saturated rings. The van der Waals surface area contributed by atoms with Gasteiger partial charge in [-0.3, -0.25) is 9.69 Å². The van der Waals surface area contributed by atoms with Gasteiger partial charge in [-0.25, -0.2) is 0 Å². The van der Waals surface area contributed by atoms with Crippen LogP contribution in [-0.2, 0) is 15.2 Å². The first-order valence-corrected chi connectivity index (χ1v) is 12.6. The summed E-state index contributed by atoms with van der Waals surface area (Å²) < 4.78 is 12.3. The second-order valence-corrected chi connectivity index (χ2v) is 10.2. The number of halogens is 2. The van der Waals surface area contributed by atoms with Crippen molar-refractivity contribution in [3.8, 4) is 0 Å². The number of rotatable bonds is 6. The van der Waals surface area contributed by atoms with E-state index in [4.69, 9.17) is 32.7 Å². The number of carbonyl (C=O) groups excluding carboxylic acids is 1. The van der Waals surface area contributed by atoms with Gasteiger partial charge in [0.15, 0.2) is 5.72 Å². The molecule has 4 atom stereocenters. The molecule has 3 aromatic rings. The number of aliphatic hydroxyl groups excluding tert-OH is 1. The van der Waals surface area contributed by atoms with Crippen LogP contribution in [0.25, 0.3) is 5.57 Å². The van der Waals surface area contributed by atoms with Crippen molar-refractivity contribution in [1.29, 1.82) is 0 Å². The Kier molecular flexibility index (Phi) is 6.70. The van der Waals surface area contributed by atoms with Crippen molar-refractivity contribution in [3.05, 3.63) is 111 Å². The van der Waals surface area contributed by atoms with Crippen LogP contribution in [0.1, 0.15) is 52.5 Å². The molecule has 2 aliphatic heterocycles. The van der Waals surface area contributed by atoms with E-state index >= 15 is 0 Å². The summed E-state index contributed by atoms with van der Waals surface area (Å²) in [6.45, 7) is 8.30. The van der Waals surface area contributed by atoms with Crippen molar-refractivity contribution >= 4 is 34.7 Å². The van der Waals surface area contributed by atoms with Crippen LogP contribution >= 0.6 is 23.2 Å². The molecule has 5 nitrogen and oxygen atoms in total. The number of nitrogens with zero attached hydrogens (tertiary/aromatic N) is 1. The number of hydrogen-bond acceptors (Lipinski definition) is 4.